The second-order valence-electron chi connectivity index (χ2n) is 8.36. The number of carbonyl (C=O) groups is 1. The fourth-order valence-electron chi connectivity index (χ4n) is 3.78. The van der Waals surface area contributed by atoms with Crippen molar-refractivity contribution in [2.24, 2.45) is 5.92 Å². The molecular weight excluding hydrogens is 456 g/mol. The van der Waals surface area contributed by atoms with Crippen LogP contribution in [0.5, 0.6) is 17.2 Å². The molecule has 3 rings (SSSR count). The first-order valence-electron chi connectivity index (χ1n) is 11.7. The zero-order valence-electron chi connectivity index (χ0n) is 20.5. The molecule has 6 heteroatoms. The van der Waals surface area contributed by atoms with Crippen LogP contribution in [0.2, 0.25) is 0 Å². The largest absolute Gasteiger partial charge is 0.508 e. The zero-order chi connectivity index (χ0) is 25.8. The highest BCUT2D eigenvalue weighted by Gasteiger charge is 2.23. The number of hydrogen-bond acceptors (Lipinski definition) is 6. The molecule has 0 aromatic heterocycles. The van der Waals surface area contributed by atoms with Crippen LogP contribution in [0.3, 0.4) is 0 Å². The second kappa shape index (κ2) is 13.9. The molecule has 2 atom stereocenters. The molecule has 0 saturated heterocycles. The normalized spacial score (nSPS) is 13.2. The molecule has 0 spiro atoms. The van der Waals surface area contributed by atoms with E-state index in [4.69, 9.17) is 14.2 Å². The number of hydrogen-bond donors (Lipinski definition) is 2. The van der Waals surface area contributed by atoms with Crippen LogP contribution in [0.15, 0.2) is 84.9 Å². The lowest BCUT2D eigenvalue weighted by atomic mass is 9.92. The lowest BCUT2D eigenvalue weighted by molar-refractivity contribution is -0.131. The van der Waals surface area contributed by atoms with Gasteiger partial charge in [-0.1, -0.05) is 60.7 Å². The second-order valence-corrected chi connectivity index (χ2v) is 8.36. The molecule has 0 aliphatic rings. The summed E-state index contributed by atoms with van der Waals surface area (Å²) in [7, 11) is 1.67. The Morgan fingerprint density at radius 1 is 0.833 bits per heavy atom. The molecule has 0 radical (unpaired) electrons. The monoisotopic (exact) mass is 488 g/mol. The zero-order valence-corrected chi connectivity index (χ0v) is 20.5. The number of carbonyl (C=O) groups excluding carboxylic acids is 1. The Morgan fingerprint density at radius 2 is 1.39 bits per heavy atom. The first kappa shape index (κ1) is 26.7. The molecule has 3 aromatic rings. The van der Waals surface area contributed by atoms with E-state index in [0.29, 0.717) is 25.4 Å². The molecule has 3 aromatic carbocycles. The molecule has 0 fully saturated rings. The fourth-order valence-corrected chi connectivity index (χ4v) is 3.78. The van der Waals surface area contributed by atoms with Gasteiger partial charge in [-0.2, -0.15) is 0 Å². The van der Waals surface area contributed by atoms with Crippen molar-refractivity contribution in [2.45, 2.75) is 19.4 Å². The summed E-state index contributed by atoms with van der Waals surface area (Å²) < 4.78 is 16.9. The van der Waals surface area contributed by atoms with Crippen LogP contribution < -0.4 is 4.74 Å². The van der Waals surface area contributed by atoms with Crippen LogP contribution >= 0.6 is 0 Å². The average Bonchev–Trinajstić information content (AvgIpc) is 2.86. The highest BCUT2D eigenvalue weighted by molar-refractivity contribution is 5.69. The van der Waals surface area contributed by atoms with E-state index in [0.717, 1.165) is 16.7 Å². The summed E-state index contributed by atoms with van der Waals surface area (Å²) in [6.07, 6.45) is 8.42. The fraction of sp³-hybridized carbons (Fsp3) is 0.233. The number of esters is 1. The summed E-state index contributed by atoms with van der Waals surface area (Å²) in [5, 5.41) is 19.2. The Morgan fingerprint density at radius 3 is 1.97 bits per heavy atom. The third-order valence-electron chi connectivity index (χ3n) is 5.50. The average molecular weight is 489 g/mol. The smallest absolute Gasteiger partial charge is 0.308 e. The highest BCUT2D eigenvalue weighted by atomic mass is 16.5. The highest BCUT2D eigenvalue weighted by Crippen LogP contribution is 2.31. The standard InChI is InChI=1S/C30H32O6/c1-22(31)36-29-18-10-24(11-19-29)6-4-20-35-30(25-12-16-28(33)17-13-25)26(21-34-2)7-3-5-23-8-14-27(32)15-9-23/h3-6,8-19,26,30,32-33H,7,20-21H2,1-2H3. The van der Waals surface area contributed by atoms with Crippen molar-refractivity contribution in [1.29, 1.82) is 0 Å². The molecule has 6 nitrogen and oxygen atoms in total. The Kier molecular flexibility index (Phi) is 10.3. The summed E-state index contributed by atoms with van der Waals surface area (Å²) in [6.45, 7) is 2.24. The van der Waals surface area contributed by atoms with E-state index in [1.807, 2.05) is 54.6 Å². The Hall–Kier alpha value is -3.87. The van der Waals surface area contributed by atoms with Gasteiger partial charge in [-0.05, 0) is 59.5 Å². The lowest BCUT2D eigenvalue weighted by Gasteiger charge is -2.26. The lowest BCUT2D eigenvalue weighted by Crippen LogP contribution is -2.20. The molecule has 0 saturated carbocycles. The van der Waals surface area contributed by atoms with Crippen LogP contribution in [0.25, 0.3) is 12.2 Å². The van der Waals surface area contributed by atoms with Gasteiger partial charge in [-0.3, -0.25) is 4.79 Å². The summed E-state index contributed by atoms with van der Waals surface area (Å²) in [5.74, 6) is 0.620. The summed E-state index contributed by atoms with van der Waals surface area (Å²) >= 11 is 0. The minimum atomic E-state index is -0.351. The van der Waals surface area contributed by atoms with Gasteiger partial charge in [0, 0.05) is 20.0 Å². The van der Waals surface area contributed by atoms with E-state index in [2.05, 4.69) is 6.08 Å². The number of benzene rings is 3. The van der Waals surface area contributed by atoms with Crippen molar-refractivity contribution in [3.8, 4) is 17.2 Å². The quantitative estimate of drug-likeness (QED) is 0.235. The molecule has 2 unspecified atom stereocenters. The van der Waals surface area contributed by atoms with E-state index in [-0.39, 0.29) is 29.5 Å². The minimum Gasteiger partial charge on any atom is -0.508 e. The van der Waals surface area contributed by atoms with Crippen molar-refractivity contribution in [2.75, 3.05) is 20.3 Å². The van der Waals surface area contributed by atoms with Gasteiger partial charge in [-0.15, -0.1) is 0 Å². The number of ether oxygens (including phenoxy) is 3. The molecule has 0 aliphatic carbocycles. The maximum atomic E-state index is 11.1. The van der Waals surface area contributed by atoms with E-state index in [1.165, 1.54) is 6.92 Å². The number of allylic oxidation sites excluding steroid dienone is 1. The van der Waals surface area contributed by atoms with Gasteiger partial charge < -0.3 is 24.4 Å². The molecular formula is C30H32O6. The molecule has 36 heavy (non-hydrogen) atoms. The maximum Gasteiger partial charge on any atom is 0.308 e. The third kappa shape index (κ3) is 8.73. The summed E-state index contributed by atoms with van der Waals surface area (Å²) in [5.41, 5.74) is 2.90. The van der Waals surface area contributed by atoms with Crippen LogP contribution in [-0.4, -0.2) is 36.5 Å². The molecule has 2 N–H and O–H groups in total. The number of methoxy groups -OCH3 is 1. The molecule has 188 valence electrons. The van der Waals surface area contributed by atoms with E-state index >= 15 is 0 Å². The number of rotatable bonds is 12. The van der Waals surface area contributed by atoms with Gasteiger partial charge in [0.15, 0.2) is 0 Å². The molecule has 0 bridgehead atoms. The van der Waals surface area contributed by atoms with E-state index < -0.39 is 0 Å². The molecule has 0 aliphatic heterocycles. The minimum absolute atomic E-state index is 0.0318. The predicted molar refractivity (Wildman–Crippen MR) is 141 cm³/mol. The van der Waals surface area contributed by atoms with Gasteiger partial charge in [-0.25, -0.2) is 0 Å². The Labute approximate surface area is 212 Å². The topological polar surface area (TPSA) is 85.2 Å². The van der Waals surface area contributed by atoms with Gasteiger partial charge >= 0.3 is 5.97 Å². The first-order chi connectivity index (χ1) is 17.4. The predicted octanol–water partition coefficient (Wildman–Crippen LogP) is 6.16. The molecule has 0 heterocycles. The van der Waals surface area contributed by atoms with Crippen molar-refractivity contribution in [3.05, 3.63) is 102 Å². The number of phenols is 2. The van der Waals surface area contributed by atoms with Crippen molar-refractivity contribution < 1.29 is 29.2 Å². The summed E-state index contributed by atoms with van der Waals surface area (Å²) in [6, 6.07) is 21.3. The third-order valence-corrected chi connectivity index (χ3v) is 5.50. The van der Waals surface area contributed by atoms with E-state index in [9.17, 15) is 15.0 Å². The van der Waals surface area contributed by atoms with Crippen LogP contribution in [-0.2, 0) is 14.3 Å². The first-order valence-corrected chi connectivity index (χ1v) is 11.7. The Bertz CT molecular complexity index is 1130. The SMILES string of the molecule is COCC(CC=Cc1ccc(O)cc1)C(OCC=Cc1ccc(OC(C)=O)cc1)c1ccc(O)cc1. The van der Waals surface area contributed by atoms with Gasteiger partial charge in [0.2, 0.25) is 0 Å². The Balaban J connectivity index is 1.69. The van der Waals surface area contributed by atoms with Gasteiger partial charge in [0.05, 0.1) is 19.3 Å². The van der Waals surface area contributed by atoms with E-state index in [1.54, 1.807) is 43.5 Å². The van der Waals surface area contributed by atoms with Crippen LogP contribution in [0.4, 0.5) is 0 Å². The van der Waals surface area contributed by atoms with Crippen molar-refractivity contribution in [1.82, 2.24) is 0 Å². The molecule has 0 amide bonds. The van der Waals surface area contributed by atoms with Crippen molar-refractivity contribution in [3.63, 3.8) is 0 Å². The number of aromatic hydroxyl groups is 2. The maximum absolute atomic E-state index is 11.1. The van der Waals surface area contributed by atoms with Crippen molar-refractivity contribution >= 4 is 18.1 Å². The van der Waals surface area contributed by atoms with Gasteiger partial charge in [0.1, 0.15) is 17.2 Å². The van der Waals surface area contributed by atoms with Crippen LogP contribution in [0.1, 0.15) is 36.1 Å². The number of phenolic OH excluding ortho intramolecular Hbond substituents is 2. The van der Waals surface area contributed by atoms with Crippen LogP contribution in [0, 0.1) is 5.92 Å². The summed E-state index contributed by atoms with van der Waals surface area (Å²) in [4.78, 5) is 11.1. The van der Waals surface area contributed by atoms with Gasteiger partial charge in [0.25, 0.3) is 0 Å².